The van der Waals surface area contributed by atoms with Gasteiger partial charge in [0.2, 0.25) is 5.95 Å². The minimum atomic E-state index is -2.66. The van der Waals surface area contributed by atoms with E-state index in [4.69, 9.17) is 17.1 Å². The Kier molecular flexibility index (Phi) is 6.76. The molecular weight excluding hydrogens is 350 g/mol. The van der Waals surface area contributed by atoms with Crippen LogP contribution in [-0.4, -0.2) is 16.5 Å². The average molecular weight is 367 g/mol. The molecular formula is C16H17ClF2N6. The third-order valence-corrected chi connectivity index (χ3v) is 3.67. The van der Waals surface area contributed by atoms with E-state index in [1.165, 1.54) is 18.3 Å². The van der Waals surface area contributed by atoms with Gasteiger partial charge in [0.1, 0.15) is 0 Å². The van der Waals surface area contributed by atoms with E-state index in [0.29, 0.717) is 17.3 Å². The fourth-order valence-corrected chi connectivity index (χ4v) is 2.09. The van der Waals surface area contributed by atoms with Crippen molar-refractivity contribution >= 4 is 23.2 Å². The first kappa shape index (κ1) is 18.7. The molecule has 132 valence electrons. The van der Waals surface area contributed by atoms with Gasteiger partial charge in [-0.2, -0.15) is 5.11 Å². The van der Waals surface area contributed by atoms with Gasteiger partial charge in [-0.3, -0.25) is 0 Å². The number of halogens is 3. The number of anilines is 2. The first-order valence-corrected chi connectivity index (χ1v) is 7.86. The lowest BCUT2D eigenvalue weighted by Gasteiger charge is -2.08. The van der Waals surface area contributed by atoms with Crippen molar-refractivity contribution in [3.8, 4) is 0 Å². The van der Waals surface area contributed by atoms with Crippen molar-refractivity contribution < 1.29 is 8.78 Å². The van der Waals surface area contributed by atoms with E-state index in [1.54, 1.807) is 18.5 Å². The van der Waals surface area contributed by atoms with Crippen LogP contribution in [0.5, 0.6) is 0 Å². The maximum atomic E-state index is 12.8. The molecule has 0 fully saturated rings. The average Bonchev–Trinajstić information content (AvgIpc) is 2.63. The number of hydrogen-bond acceptors (Lipinski definition) is 6. The van der Waals surface area contributed by atoms with Crippen LogP contribution in [0, 0.1) is 5.53 Å². The predicted octanol–water partition coefficient (Wildman–Crippen LogP) is 5.03. The minimum absolute atomic E-state index is 0.00396. The van der Waals surface area contributed by atoms with Crippen LogP contribution < -0.4 is 10.6 Å². The molecule has 0 spiro atoms. The lowest BCUT2D eigenvalue weighted by Crippen LogP contribution is -2.08. The van der Waals surface area contributed by atoms with E-state index in [-0.39, 0.29) is 17.1 Å². The smallest absolute Gasteiger partial charge is 0.265 e. The summed E-state index contributed by atoms with van der Waals surface area (Å²) in [5, 5.41) is 9.15. The zero-order valence-corrected chi connectivity index (χ0v) is 14.2. The van der Waals surface area contributed by atoms with Crippen LogP contribution in [0.3, 0.4) is 0 Å². The molecule has 0 aliphatic rings. The third-order valence-electron chi connectivity index (χ3n) is 3.32. The fourth-order valence-electron chi connectivity index (χ4n) is 1.89. The summed E-state index contributed by atoms with van der Waals surface area (Å²) >= 11 is 5.72. The molecule has 0 saturated carbocycles. The summed E-state index contributed by atoms with van der Waals surface area (Å²) in [6.07, 6.45) is 3.06. The van der Waals surface area contributed by atoms with Crippen LogP contribution in [0.15, 0.2) is 47.6 Å². The third kappa shape index (κ3) is 5.46. The summed E-state index contributed by atoms with van der Waals surface area (Å²) in [6.45, 7) is 2.21. The molecule has 25 heavy (non-hydrogen) atoms. The molecule has 0 saturated heterocycles. The molecule has 1 aromatic heterocycles. The van der Waals surface area contributed by atoms with E-state index in [9.17, 15) is 8.78 Å². The van der Waals surface area contributed by atoms with Gasteiger partial charge in [-0.25, -0.2) is 24.3 Å². The molecule has 3 N–H and O–H groups in total. The zero-order valence-electron chi connectivity index (χ0n) is 13.4. The van der Waals surface area contributed by atoms with E-state index < -0.39 is 6.43 Å². The molecule has 2 aromatic rings. The van der Waals surface area contributed by atoms with Gasteiger partial charge in [0.05, 0.1) is 12.2 Å². The second-order valence-corrected chi connectivity index (χ2v) is 5.46. The number of alkyl halides is 2. The molecule has 0 amide bonds. The summed E-state index contributed by atoms with van der Waals surface area (Å²) in [7, 11) is 0. The van der Waals surface area contributed by atoms with Crippen LogP contribution in [-0.2, 0) is 6.42 Å². The van der Waals surface area contributed by atoms with Gasteiger partial charge in [0.15, 0.2) is 0 Å². The highest BCUT2D eigenvalue weighted by Crippen LogP contribution is 2.29. The first-order chi connectivity index (χ1) is 12.0. The number of nitrogens with zero attached hydrogens (tertiary/aromatic N) is 3. The summed E-state index contributed by atoms with van der Waals surface area (Å²) in [4.78, 5) is 8.29. The maximum Gasteiger partial charge on any atom is 0.265 e. The number of nitrogens with one attached hydrogen (secondary N) is 3. The first-order valence-electron chi connectivity index (χ1n) is 7.49. The number of rotatable bonds is 8. The van der Waals surface area contributed by atoms with Crippen LogP contribution in [0.25, 0.3) is 0 Å². The standard InChI is InChI=1S/C16H17ClF2N6/c1-2-10-6-22-16(23-7-10)24-9-12(25-20)8-21-11-3-4-14(17)13(5-11)15(18)19/h3-8,15,20-21H,2,9H2,1H3,(H,22,23,24)/b12-8-,25-20?. The van der Waals surface area contributed by atoms with Gasteiger partial charge >= 0.3 is 0 Å². The van der Waals surface area contributed by atoms with Crippen molar-refractivity contribution in [3.05, 3.63) is 58.6 Å². The Morgan fingerprint density at radius 1 is 1.36 bits per heavy atom. The topological polar surface area (TPSA) is 86.0 Å². The quantitative estimate of drug-likeness (QED) is 0.572. The molecule has 0 aliphatic heterocycles. The molecule has 0 radical (unpaired) electrons. The number of hydrogen-bond donors (Lipinski definition) is 3. The van der Waals surface area contributed by atoms with Crippen LogP contribution in [0.2, 0.25) is 5.02 Å². The Bertz CT molecular complexity index is 749. The molecule has 9 heteroatoms. The van der Waals surface area contributed by atoms with Crippen molar-refractivity contribution in [1.29, 1.82) is 5.53 Å². The molecule has 1 aromatic carbocycles. The van der Waals surface area contributed by atoms with Crippen molar-refractivity contribution in [2.45, 2.75) is 19.8 Å². The summed E-state index contributed by atoms with van der Waals surface area (Å²) in [5.41, 5.74) is 8.72. The molecule has 1 heterocycles. The Morgan fingerprint density at radius 2 is 2.08 bits per heavy atom. The van der Waals surface area contributed by atoms with Gasteiger partial charge in [0.25, 0.3) is 6.43 Å². The Morgan fingerprint density at radius 3 is 2.68 bits per heavy atom. The van der Waals surface area contributed by atoms with E-state index in [0.717, 1.165) is 12.0 Å². The van der Waals surface area contributed by atoms with Crippen molar-refractivity contribution in [2.75, 3.05) is 17.2 Å². The fraction of sp³-hybridized carbons (Fsp3) is 0.250. The Labute approximate surface area is 148 Å². The zero-order chi connectivity index (χ0) is 18.2. The van der Waals surface area contributed by atoms with Gasteiger partial charge in [-0.05, 0) is 30.2 Å². The highest BCUT2D eigenvalue weighted by molar-refractivity contribution is 6.31. The van der Waals surface area contributed by atoms with Crippen molar-refractivity contribution in [3.63, 3.8) is 0 Å². The highest BCUT2D eigenvalue weighted by Gasteiger charge is 2.12. The molecule has 0 atom stereocenters. The molecule has 0 unspecified atom stereocenters. The maximum absolute atomic E-state index is 12.8. The summed E-state index contributed by atoms with van der Waals surface area (Å²) < 4.78 is 25.7. The minimum Gasteiger partial charge on any atom is -0.360 e. The molecule has 2 rings (SSSR count). The Hall–Kier alpha value is -2.61. The lowest BCUT2D eigenvalue weighted by atomic mass is 10.2. The summed E-state index contributed by atoms with van der Waals surface area (Å²) in [6, 6.07) is 4.20. The van der Waals surface area contributed by atoms with E-state index in [1.807, 2.05) is 6.92 Å². The Balaban J connectivity index is 2.00. The molecule has 0 aliphatic carbocycles. The highest BCUT2D eigenvalue weighted by atomic mass is 35.5. The number of aryl methyl sites for hydroxylation is 1. The van der Waals surface area contributed by atoms with Gasteiger partial charge in [-0.1, -0.05) is 18.5 Å². The van der Waals surface area contributed by atoms with Gasteiger partial charge in [0, 0.05) is 34.9 Å². The monoisotopic (exact) mass is 366 g/mol. The van der Waals surface area contributed by atoms with Gasteiger partial charge < -0.3 is 10.6 Å². The van der Waals surface area contributed by atoms with Crippen LogP contribution >= 0.6 is 11.6 Å². The normalized spacial score (nSPS) is 11.5. The van der Waals surface area contributed by atoms with E-state index in [2.05, 4.69) is 25.7 Å². The van der Waals surface area contributed by atoms with Gasteiger partial charge in [-0.15, -0.1) is 0 Å². The number of aromatic nitrogens is 2. The summed E-state index contributed by atoms with van der Waals surface area (Å²) in [5.74, 6) is 0.415. The van der Waals surface area contributed by atoms with Crippen LogP contribution in [0.4, 0.5) is 20.4 Å². The second-order valence-electron chi connectivity index (χ2n) is 5.05. The molecule has 6 nitrogen and oxygen atoms in total. The predicted molar refractivity (Wildman–Crippen MR) is 93.2 cm³/mol. The van der Waals surface area contributed by atoms with Crippen molar-refractivity contribution in [1.82, 2.24) is 9.97 Å². The number of benzene rings is 1. The van der Waals surface area contributed by atoms with Crippen LogP contribution in [0.1, 0.15) is 24.5 Å². The lowest BCUT2D eigenvalue weighted by molar-refractivity contribution is 0.151. The van der Waals surface area contributed by atoms with E-state index >= 15 is 0 Å². The SMILES string of the molecule is CCc1cnc(NC/C(=C/Nc2ccc(Cl)c(C(F)F)c2)N=N)nc1. The molecule has 0 bridgehead atoms. The largest absolute Gasteiger partial charge is 0.360 e. The second kappa shape index (κ2) is 9.03. The van der Waals surface area contributed by atoms with Crippen molar-refractivity contribution in [2.24, 2.45) is 5.11 Å².